The van der Waals surface area contributed by atoms with Gasteiger partial charge in [-0.2, -0.15) is 5.10 Å². The summed E-state index contributed by atoms with van der Waals surface area (Å²) in [4.78, 5) is 11.8. The number of rotatable bonds is 5. The third kappa shape index (κ3) is 6.07. The maximum atomic E-state index is 11.8. The van der Waals surface area contributed by atoms with Crippen LogP contribution in [0.25, 0.3) is 0 Å². The molecule has 4 nitrogen and oxygen atoms in total. The monoisotopic (exact) mass is 378 g/mol. The van der Waals surface area contributed by atoms with Gasteiger partial charge in [-0.25, -0.2) is 5.43 Å². The molecule has 0 saturated carbocycles. The van der Waals surface area contributed by atoms with E-state index in [2.05, 4.69) is 43.4 Å². The minimum absolute atomic E-state index is 0.101. The highest BCUT2D eigenvalue weighted by atomic mass is 35.5. The molecule has 0 atom stereocenters. The first-order valence-corrected chi connectivity index (χ1v) is 8.51. The quantitative estimate of drug-likeness (QED) is 0.598. The number of hydrogen-bond acceptors (Lipinski definition) is 3. The molecule has 0 aliphatic carbocycles. The number of carbonyl (C=O) groups excluding carboxylic acids is 1. The number of amides is 1. The fraction of sp³-hybridized carbons (Fsp3) is 0.263. The lowest BCUT2D eigenvalue weighted by Crippen LogP contribution is -2.24. The third-order valence-corrected chi connectivity index (χ3v) is 3.96. The van der Waals surface area contributed by atoms with E-state index in [9.17, 15) is 4.79 Å². The van der Waals surface area contributed by atoms with E-state index in [4.69, 9.17) is 27.9 Å². The van der Waals surface area contributed by atoms with E-state index in [1.807, 2.05) is 12.1 Å². The molecule has 0 spiro atoms. The molecular weight excluding hydrogens is 359 g/mol. The number of nitrogens with one attached hydrogen (secondary N) is 1. The van der Waals surface area contributed by atoms with Gasteiger partial charge in [-0.1, -0.05) is 68.2 Å². The predicted octanol–water partition coefficient (Wildman–Crippen LogP) is 4.82. The van der Waals surface area contributed by atoms with Crippen molar-refractivity contribution in [2.45, 2.75) is 26.2 Å². The summed E-state index contributed by atoms with van der Waals surface area (Å²) in [5, 5.41) is 4.78. The normalized spacial score (nSPS) is 11.6. The summed E-state index contributed by atoms with van der Waals surface area (Å²) >= 11 is 11.8. The van der Waals surface area contributed by atoms with Gasteiger partial charge in [0.05, 0.1) is 11.2 Å². The van der Waals surface area contributed by atoms with Gasteiger partial charge in [0.15, 0.2) is 6.61 Å². The Hall–Kier alpha value is -2.04. The van der Waals surface area contributed by atoms with Crippen molar-refractivity contribution in [1.29, 1.82) is 0 Å². The highest BCUT2D eigenvalue weighted by Crippen LogP contribution is 2.27. The molecule has 0 radical (unpaired) electrons. The van der Waals surface area contributed by atoms with Crippen LogP contribution in [0, 0.1) is 0 Å². The Morgan fingerprint density at radius 2 is 1.84 bits per heavy atom. The minimum atomic E-state index is -0.381. The molecule has 132 valence electrons. The summed E-state index contributed by atoms with van der Waals surface area (Å²) in [5.41, 5.74) is 4.65. The molecule has 1 N–H and O–H groups in total. The second-order valence-electron chi connectivity index (χ2n) is 6.53. The van der Waals surface area contributed by atoms with Gasteiger partial charge in [0.1, 0.15) is 5.75 Å². The largest absolute Gasteiger partial charge is 0.482 e. The standard InChI is InChI=1S/C19H20Cl2N2O2/c1-19(2,3)14-6-4-13(5-7-14)11-22-23-18(24)12-25-17-9-8-15(20)10-16(17)21/h4-11H,12H2,1-3H3,(H,23,24). The topological polar surface area (TPSA) is 50.7 Å². The molecule has 0 aromatic heterocycles. The third-order valence-electron chi connectivity index (χ3n) is 3.43. The van der Waals surface area contributed by atoms with Gasteiger partial charge < -0.3 is 4.74 Å². The van der Waals surface area contributed by atoms with Crippen LogP contribution < -0.4 is 10.2 Å². The van der Waals surface area contributed by atoms with Crippen molar-refractivity contribution in [1.82, 2.24) is 5.43 Å². The Balaban J connectivity index is 1.84. The zero-order valence-corrected chi connectivity index (χ0v) is 15.9. The Bertz CT molecular complexity index is 766. The van der Waals surface area contributed by atoms with Crippen molar-refractivity contribution in [3.05, 3.63) is 63.6 Å². The molecule has 2 rings (SSSR count). The number of hydrazone groups is 1. The molecule has 1 amide bonds. The lowest BCUT2D eigenvalue weighted by Gasteiger charge is -2.18. The van der Waals surface area contributed by atoms with E-state index in [0.29, 0.717) is 15.8 Å². The van der Waals surface area contributed by atoms with Gasteiger partial charge in [-0.15, -0.1) is 0 Å². The van der Waals surface area contributed by atoms with Crippen molar-refractivity contribution >= 4 is 35.3 Å². The molecule has 0 bridgehead atoms. The molecule has 25 heavy (non-hydrogen) atoms. The molecule has 2 aromatic carbocycles. The number of hydrogen-bond donors (Lipinski definition) is 1. The van der Waals surface area contributed by atoms with Crippen LogP contribution in [0.1, 0.15) is 31.9 Å². The zero-order chi connectivity index (χ0) is 18.4. The first-order valence-electron chi connectivity index (χ1n) is 7.76. The zero-order valence-electron chi connectivity index (χ0n) is 14.3. The summed E-state index contributed by atoms with van der Waals surface area (Å²) in [5.74, 6) is 0.0107. The Morgan fingerprint density at radius 3 is 2.44 bits per heavy atom. The predicted molar refractivity (Wildman–Crippen MR) is 103 cm³/mol. The summed E-state index contributed by atoms with van der Waals surface area (Å²) in [6.07, 6.45) is 1.58. The SMILES string of the molecule is CC(C)(C)c1ccc(C=NNC(=O)COc2ccc(Cl)cc2Cl)cc1. The molecule has 0 aliphatic heterocycles. The van der Waals surface area contributed by atoms with Crippen LogP contribution in [0.2, 0.25) is 10.0 Å². The van der Waals surface area contributed by atoms with Crippen molar-refractivity contribution in [3.63, 3.8) is 0 Å². The number of halogens is 2. The van der Waals surface area contributed by atoms with Crippen LogP contribution in [0.5, 0.6) is 5.75 Å². The molecule has 2 aromatic rings. The first-order chi connectivity index (χ1) is 11.8. The minimum Gasteiger partial charge on any atom is -0.482 e. The molecule has 0 aliphatic rings. The fourth-order valence-corrected chi connectivity index (χ4v) is 2.48. The van der Waals surface area contributed by atoms with Crippen molar-refractivity contribution < 1.29 is 9.53 Å². The van der Waals surface area contributed by atoms with Crippen molar-refractivity contribution in [3.8, 4) is 5.75 Å². The van der Waals surface area contributed by atoms with Gasteiger partial charge in [0.25, 0.3) is 5.91 Å². The molecule has 0 unspecified atom stereocenters. The Kier molecular flexibility index (Phi) is 6.45. The van der Waals surface area contributed by atoms with Crippen LogP contribution in [0.4, 0.5) is 0 Å². The van der Waals surface area contributed by atoms with E-state index in [0.717, 1.165) is 5.56 Å². The highest BCUT2D eigenvalue weighted by molar-refractivity contribution is 6.35. The van der Waals surface area contributed by atoms with E-state index in [-0.39, 0.29) is 17.9 Å². The molecule has 0 fully saturated rings. The maximum absolute atomic E-state index is 11.8. The van der Waals surface area contributed by atoms with Gasteiger partial charge in [0, 0.05) is 5.02 Å². The first kappa shape index (κ1) is 19.3. The number of carbonyl (C=O) groups is 1. The highest BCUT2D eigenvalue weighted by Gasteiger charge is 2.12. The van der Waals surface area contributed by atoms with Gasteiger partial charge >= 0.3 is 0 Å². The van der Waals surface area contributed by atoms with E-state index in [1.165, 1.54) is 5.56 Å². The smallest absolute Gasteiger partial charge is 0.277 e. The van der Waals surface area contributed by atoms with Crippen LogP contribution >= 0.6 is 23.2 Å². The van der Waals surface area contributed by atoms with Crippen LogP contribution in [0.15, 0.2) is 47.6 Å². The summed E-state index contributed by atoms with van der Waals surface area (Å²) < 4.78 is 5.33. The summed E-state index contributed by atoms with van der Waals surface area (Å²) in [6, 6.07) is 12.8. The average molecular weight is 379 g/mol. The lowest BCUT2D eigenvalue weighted by molar-refractivity contribution is -0.123. The second-order valence-corrected chi connectivity index (χ2v) is 7.37. The van der Waals surface area contributed by atoms with Crippen molar-refractivity contribution in [2.24, 2.45) is 5.10 Å². The Labute approximate surface area is 157 Å². The van der Waals surface area contributed by atoms with Gasteiger partial charge in [-0.05, 0) is 34.7 Å². The molecule has 0 saturated heterocycles. The van der Waals surface area contributed by atoms with Crippen LogP contribution in [0.3, 0.4) is 0 Å². The molecular formula is C19H20Cl2N2O2. The number of ether oxygens (including phenoxy) is 1. The molecule has 6 heteroatoms. The number of benzene rings is 2. The average Bonchev–Trinajstić information content (AvgIpc) is 2.53. The van der Waals surface area contributed by atoms with Crippen molar-refractivity contribution in [2.75, 3.05) is 6.61 Å². The van der Waals surface area contributed by atoms with Gasteiger partial charge in [-0.3, -0.25) is 4.79 Å². The maximum Gasteiger partial charge on any atom is 0.277 e. The van der Waals surface area contributed by atoms with E-state index in [1.54, 1.807) is 24.4 Å². The summed E-state index contributed by atoms with van der Waals surface area (Å²) in [7, 11) is 0. The fourth-order valence-electron chi connectivity index (χ4n) is 2.02. The Morgan fingerprint density at radius 1 is 1.16 bits per heavy atom. The second kappa shape index (κ2) is 8.37. The lowest BCUT2D eigenvalue weighted by atomic mass is 9.87. The van der Waals surface area contributed by atoms with Crippen LogP contribution in [-0.2, 0) is 10.2 Å². The summed E-state index contributed by atoms with van der Waals surface area (Å²) in [6.45, 7) is 6.28. The van der Waals surface area contributed by atoms with E-state index >= 15 is 0 Å². The van der Waals surface area contributed by atoms with Gasteiger partial charge in [0.2, 0.25) is 0 Å². The van der Waals surface area contributed by atoms with E-state index < -0.39 is 0 Å². The number of nitrogens with zero attached hydrogens (tertiary/aromatic N) is 1. The van der Waals surface area contributed by atoms with Crippen LogP contribution in [-0.4, -0.2) is 18.7 Å². The molecule has 0 heterocycles.